The topological polar surface area (TPSA) is 82.9 Å². The average Bonchev–Trinajstić information content (AvgIpc) is 2.90. The maximum atomic E-state index is 11.6. The van der Waals surface area contributed by atoms with E-state index in [0.29, 0.717) is 6.42 Å². The molecule has 1 aliphatic heterocycles. The van der Waals surface area contributed by atoms with Crippen LogP contribution in [0, 0.1) is 11.8 Å². The largest absolute Gasteiger partial charge is 0.497 e. The van der Waals surface area contributed by atoms with Gasteiger partial charge in [-0.1, -0.05) is 11.6 Å². The van der Waals surface area contributed by atoms with Gasteiger partial charge in [0.15, 0.2) is 0 Å². The first-order valence-electron chi connectivity index (χ1n) is 12.9. The Hall–Kier alpha value is -2.32. The monoisotopic (exact) mass is 542 g/mol. The number of aromatic nitrogens is 1. The Labute approximate surface area is 228 Å². The van der Waals surface area contributed by atoms with E-state index in [1.807, 2.05) is 60.3 Å². The number of aliphatic hydroxyl groups excluding tert-OH is 1. The van der Waals surface area contributed by atoms with E-state index in [9.17, 15) is 15.0 Å². The van der Waals surface area contributed by atoms with Crippen molar-refractivity contribution in [2.45, 2.75) is 43.1 Å². The van der Waals surface area contributed by atoms with Gasteiger partial charge >= 0.3 is 5.97 Å². The van der Waals surface area contributed by atoms with E-state index in [0.717, 1.165) is 71.9 Å². The Morgan fingerprint density at radius 2 is 2.03 bits per heavy atom. The van der Waals surface area contributed by atoms with Gasteiger partial charge in [0.05, 0.1) is 18.7 Å². The molecule has 1 aliphatic rings. The SMILES string of the molecule is COc1ccc2nccc(C(O)CC[C@@H]3CCN(CCCSc4ccc(Cl)cc4)C[C@@H]3CC(=O)O)c2c1. The quantitative estimate of drug-likeness (QED) is 0.205. The van der Waals surface area contributed by atoms with Crippen LogP contribution in [0.5, 0.6) is 5.75 Å². The van der Waals surface area contributed by atoms with E-state index >= 15 is 0 Å². The molecule has 1 aromatic heterocycles. The van der Waals surface area contributed by atoms with E-state index in [1.165, 1.54) is 4.90 Å². The van der Waals surface area contributed by atoms with Gasteiger partial charge in [-0.2, -0.15) is 0 Å². The molecule has 0 bridgehead atoms. The summed E-state index contributed by atoms with van der Waals surface area (Å²) in [6.45, 7) is 2.74. The van der Waals surface area contributed by atoms with Gasteiger partial charge in [0.2, 0.25) is 0 Å². The van der Waals surface area contributed by atoms with Crippen LogP contribution in [0.15, 0.2) is 59.6 Å². The molecule has 1 saturated heterocycles. The first kappa shape index (κ1) is 27.7. The highest BCUT2D eigenvalue weighted by molar-refractivity contribution is 7.99. The fourth-order valence-corrected chi connectivity index (χ4v) is 6.26. The normalized spacial score (nSPS) is 19.1. The predicted molar refractivity (Wildman–Crippen MR) is 150 cm³/mol. The van der Waals surface area contributed by atoms with Gasteiger partial charge in [-0.3, -0.25) is 9.78 Å². The minimum Gasteiger partial charge on any atom is -0.497 e. The fraction of sp³-hybridized carbons (Fsp3) is 0.448. The Morgan fingerprint density at radius 1 is 1.22 bits per heavy atom. The van der Waals surface area contributed by atoms with Crippen LogP contribution in [-0.4, -0.2) is 58.6 Å². The molecule has 1 fully saturated rings. The number of fused-ring (bicyclic) bond motifs is 1. The molecule has 0 radical (unpaired) electrons. The standard InChI is InChI=1S/C29H35ClN2O4S/c1-36-23-6-9-27-26(18-23)25(11-13-31-27)28(33)10-3-20-12-15-32(19-21(20)17-29(34)35)14-2-16-37-24-7-4-22(30)5-8-24/h4-9,11,13,18,20-21,28,33H,2-3,10,12,14-17,19H2,1H3,(H,34,35)/t20-,21+,28?/m1/s1. The van der Waals surface area contributed by atoms with Crippen molar-refractivity contribution in [1.29, 1.82) is 0 Å². The zero-order valence-corrected chi connectivity index (χ0v) is 22.8. The molecule has 0 aliphatic carbocycles. The van der Waals surface area contributed by atoms with E-state index < -0.39 is 12.1 Å². The number of aliphatic carboxylic acids is 1. The van der Waals surface area contributed by atoms with Crippen molar-refractivity contribution >= 4 is 40.2 Å². The second-order valence-corrected chi connectivity index (χ2v) is 11.3. The van der Waals surface area contributed by atoms with Crippen molar-refractivity contribution in [3.63, 3.8) is 0 Å². The maximum Gasteiger partial charge on any atom is 0.303 e. The molecular formula is C29H35ClN2O4S. The number of carboxylic acids is 1. The number of carbonyl (C=O) groups is 1. The van der Waals surface area contributed by atoms with Gasteiger partial charge in [0.1, 0.15) is 5.75 Å². The maximum absolute atomic E-state index is 11.6. The number of likely N-dealkylation sites (tertiary alicyclic amines) is 1. The predicted octanol–water partition coefficient (Wildman–Crippen LogP) is 6.31. The third-order valence-corrected chi connectivity index (χ3v) is 8.62. The van der Waals surface area contributed by atoms with Crippen LogP contribution < -0.4 is 4.74 Å². The minimum atomic E-state index is -0.747. The summed E-state index contributed by atoms with van der Waals surface area (Å²) in [5.41, 5.74) is 1.66. The number of methoxy groups -OCH3 is 1. The number of benzene rings is 2. The summed E-state index contributed by atoms with van der Waals surface area (Å²) in [6, 6.07) is 15.5. The summed E-state index contributed by atoms with van der Waals surface area (Å²) in [4.78, 5) is 19.7. The second-order valence-electron chi connectivity index (χ2n) is 9.74. The number of halogens is 1. The molecule has 37 heavy (non-hydrogen) atoms. The molecule has 198 valence electrons. The van der Waals surface area contributed by atoms with Gasteiger partial charge in [-0.05, 0) is 110 Å². The third kappa shape index (κ3) is 7.84. The molecule has 0 saturated carbocycles. The van der Waals surface area contributed by atoms with E-state index in [1.54, 1.807) is 13.3 Å². The van der Waals surface area contributed by atoms with Crippen LogP contribution in [0.2, 0.25) is 5.02 Å². The van der Waals surface area contributed by atoms with Crippen LogP contribution in [-0.2, 0) is 4.79 Å². The smallest absolute Gasteiger partial charge is 0.303 e. The molecule has 0 amide bonds. The summed E-state index contributed by atoms with van der Waals surface area (Å²) in [5.74, 6) is 1.38. The summed E-state index contributed by atoms with van der Waals surface area (Å²) in [7, 11) is 1.63. The minimum absolute atomic E-state index is 0.0941. The molecule has 6 nitrogen and oxygen atoms in total. The summed E-state index contributed by atoms with van der Waals surface area (Å²) >= 11 is 7.78. The number of pyridine rings is 1. The number of ether oxygens (including phenoxy) is 1. The van der Waals surface area contributed by atoms with Crippen LogP contribution in [0.3, 0.4) is 0 Å². The number of rotatable bonds is 12. The van der Waals surface area contributed by atoms with Gasteiger partial charge in [-0.15, -0.1) is 11.8 Å². The van der Waals surface area contributed by atoms with Crippen molar-refractivity contribution in [3.05, 3.63) is 65.3 Å². The van der Waals surface area contributed by atoms with Gasteiger partial charge < -0.3 is 19.8 Å². The van der Waals surface area contributed by atoms with Gasteiger partial charge in [0.25, 0.3) is 0 Å². The molecule has 2 heterocycles. The highest BCUT2D eigenvalue weighted by Crippen LogP contribution is 2.35. The van der Waals surface area contributed by atoms with E-state index in [2.05, 4.69) is 9.88 Å². The van der Waals surface area contributed by atoms with Gasteiger partial charge in [-0.25, -0.2) is 0 Å². The fourth-order valence-electron chi connectivity index (χ4n) is 5.30. The van der Waals surface area contributed by atoms with Crippen LogP contribution in [0.25, 0.3) is 10.9 Å². The number of thioether (sulfide) groups is 1. The van der Waals surface area contributed by atoms with Crippen molar-refractivity contribution in [2.24, 2.45) is 11.8 Å². The lowest BCUT2D eigenvalue weighted by molar-refractivity contribution is -0.139. The van der Waals surface area contributed by atoms with Crippen molar-refractivity contribution < 1.29 is 19.7 Å². The van der Waals surface area contributed by atoms with E-state index in [4.69, 9.17) is 16.3 Å². The molecule has 2 N–H and O–H groups in total. The first-order chi connectivity index (χ1) is 17.9. The zero-order valence-electron chi connectivity index (χ0n) is 21.2. The number of hydrogen-bond acceptors (Lipinski definition) is 6. The second kappa shape index (κ2) is 13.5. The zero-order chi connectivity index (χ0) is 26.2. The lowest BCUT2D eigenvalue weighted by Crippen LogP contribution is -2.42. The van der Waals surface area contributed by atoms with Crippen molar-refractivity contribution in [1.82, 2.24) is 9.88 Å². The Morgan fingerprint density at radius 3 is 2.78 bits per heavy atom. The Kier molecular flexibility index (Phi) is 10.1. The Balaban J connectivity index is 1.30. The molecule has 2 aromatic carbocycles. The number of piperidine rings is 1. The number of aliphatic hydroxyl groups is 1. The van der Waals surface area contributed by atoms with Crippen LogP contribution >= 0.6 is 23.4 Å². The van der Waals surface area contributed by atoms with Crippen molar-refractivity contribution in [2.75, 3.05) is 32.5 Å². The lowest BCUT2D eigenvalue weighted by atomic mass is 9.79. The number of nitrogens with zero attached hydrogens (tertiary/aromatic N) is 2. The average molecular weight is 543 g/mol. The first-order valence-corrected chi connectivity index (χ1v) is 14.2. The number of hydrogen-bond donors (Lipinski definition) is 2. The summed E-state index contributed by atoms with van der Waals surface area (Å²) in [6.07, 6.45) is 4.67. The van der Waals surface area contributed by atoms with Crippen LogP contribution in [0.4, 0.5) is 0 Å². The van der Waals surface area contributed by atoms with Crippen molar-refractivity contribution in [3.8, 4) is 5.75 Å². The molecule has 4 rings (SSSR count). The third-order valence-electron chi connectivity index (χ3n) is 7.27. The molecule has 3 aromatic rings. The lowest BCUT2D eigenvalue weighted by Gasteiger charge is -2.38. The highest BCUT2D eigenvalue weighted by Gasteiger charge is 2.31. The van der Waals surface area contributed by atoms with Crippen LogP contribution in [0.1, 0.15) is 43.8 Å². The Bertz CT molecular complexity index is 1180. The summed E-state index contributed by atoms with van der Waals surface area (Å²) in [5, 5.41) is 22.3. The number of carboxylic acid groups (broad SMARTS) is 1. The highest BCUT2D eigenvalue weighted by atomic mass is 35.5. The van der Waals surface area contributed by atoms with Gasteiger partial charge in [0, 0.05) is 34.5 Å². The molecular weight excluding hydrogens is 508 g/mol. The van der Waals surface area contributed by atoms with E-state index in [-0.39, 0.29) is 18.3 Å². The summed E-state index contributed by atoms with van der Waals surface area (Å²) < 4.78 is 5.36. The molecule has 1 unspecified atom stereocenters. The molecule has 8 heteroatoms. The molecule has 3 atom stereocenters. The molecule has 0 spiro atoms.